The normalized spacial score (nSPS) is 38.2. The van der Waals surface area contributed by atoms with Crippen LogP contribution in [0, 0.1) is 29.6 Å². The summed E-state index contributed by atoms with van der Waals surface area (Å²) >= 11 is 9.40. The van der Waals surface area contributed by atoms with Crippen LogP contribution in [0.25, 0.3) is 0 Å². The van der Waals surface area contributed by atoms with Crippen molar-refractivity contribution >= 4 is 27.5 Å². The Morgan fingerprint density at radius 3 is 2.60 bits per heavy atom. The Labute approximate surface area is 133 Å². The molecule has 4 unspecified atom stereocenters. The lowest BCUT2D eigenvalue weighted by Gasteiger charge is -2.23. The van der Waals surface area contributed by atoms with E-state index in [2.05, 4.69) is 20.9 Å². The third kappa shape index (κ3) is 2.27. The van der Waals surface area contributed by atoms with Crippen molar-refractivity contribution in [2.24, 2.45) is 29.6 Å². The Morgan fingerprint density at radius 2 is 1.90 bits per heavy atom. The number of hydrogen-bond acceptors (Lipinski definition) is 2. The second-order valence-corrected chi connectivity index (χ2v) is 7.99. The summed E-state index contributed by atoms with van der Waals surface area (Å²) in [5, 5.41) is 0.490. The van der Waals surface area contributed by atoms with Gasteiger partial charge in [-0.1, -0.05) is 11.6 Å². The number of hydrogen-bond donors (Lipinski definition) is 0. The van der Waals surface area contributed by atoms with Gasteiger partial charge in [0, 0.05) is 12.3 Å². The summed E-state index contributed by atoms with van der Waals surface area (Å²) in [4.78, 5) is 4.03. The molecule has 1 aromatic heterocycles. The highest BCUT2D eigenvalue weighted by atomic mass is 79.9. The largest absolute Gasteiger partial charge is 0.492 e. The predicted octanol–water partition coefficient (Wildman–Crippen LogP) is 4.95. The highest BCUT2D eigenvalue weighted by Gasteiger charge is 2.51. The Bertz CT molecular complexity index is 505. The summed E-state index contributed by atoms with van der Waals surface area (Å²) in [5.41, 5.74) is 0. The molecule has 0 spiro atoms. The molecule has 0 N–H and O–H groups in total. The fourth-order valence-corrected chi connectivity index (χ4v) is 5.46. The summed E-state index contributed by atoms with van der Waals surface area (Å²) in [6, 6.07) is 1.80. The SMILES string of the molecule is Clc1cc(OCC2CC3C4CCC(C4)C3C2)c(Br)cn1. The van der Waals surface area contributed by atoms with Gasteiger partial charge in [-0.2, -0.15) is 0 Å². The molecular weight excluding hydrogens is 338 g/mol. The van der Waals surface area contributed by atoms with Gasteiger partial charge < -0.3 is 4.74 Å². The third-order valence-electron chi connectivity index (χ3n) is 5.75. The third-order valence-corrected chi connectivity index (χ3v) is 6.55. The summed E-state index contributed by atoms with van der Waals surface area (Å²) in [6.45, 7) is 0.825. The molecule has 0 saturated heterocycles. The Balaban J connectivity index is 1.38. The van der Waals surface area contributed by atoms with Crippen LogP contribution in [0.4, 0.5) is 0 Å². The van der Waals surface area contributed by atoms with Crippen LogP contribution in [0.2, 0.25) is 5.15 Å². The summed E-state index contributed by atoms with van der Waals surface area (Å²) in [5.74, 6) is 5.64. The zero-order valence-corrected chi connectivity index (χ0v) is 13.7. The summed E-state index contributed by atoms with van der Waals surface area (Å²) < 4.78 is 6.88. The van der Waals surface area contributed by atoms with Crippen LogP contribution < -0.4 is 4.74 Å². The van der Waals surface area contributed by atoms with Crippen molar-refractivity contribution < 1.29 is 4.74 Å². The standard InChI is InChI=1S/C16H19BrClNO/c17-14-7-19-16(18)6-15(14)20-8-9-3-12-10-1-2-11(5-10)13(12)4-9/h6-7,9-13H,1-5,8H2. The van der Waals surface area contributed by atoms with E-state index in [1.54, 1.807) is 12.3 Å². The number of fused-ring (bicyclic) bond motifs is 5. The first-order chi connectivity index (χ1) is 9.70. The molecule has 2 bridgehead atoms. The molecule has 0 aromatic carbocycles. The monoisotopic (exact) mass is 355 g/mol. The van der Waals surface area contributed by atoms with E-state index in [9.17, 15) is 0 Å². The Kier molecular flexibility index (Phi) is 3.46. The average Bonchev–Trinajstić information content (AvgIpc) is 3.10. The van der Waals surface area contributed by atoms with Gasteiger partial charge in [0.05, 0.1) is 11.1 Å². The number of nitrogens with zero attached hydrogens (tertiary/aromatic N) is 1. The van der Waals surface area contributed by atoms with E-state index >= 15 is 0 Å². The first kappa shape index (κ1) is 13.4. The molecule has 3 aliphatic carbocycles. The van der Waals surface area contributed by atoms with Crippen LogP contribution >= 0.6 is 27.5 Å². The smallest absolute Gasteiger partial charge is 0.138 e. The van der Waals surface area contributed by atoms with Crippen LogP contribution in [0.3, 0.4) is 0 Å². The molecule has 4 atom stereocenters. The van der Waals surface area contributed by atoms with Gasteiger partial charge >= 0.3 is 0 Å². The maximum absolute atomic E-state index is 5.99. The molecule has 0 amide bonds. The first-order valence-corrected chi connectivity index (χ1v) is 8.81. The molecule has 0 radical (unpaired) electrons. The van der Waals surface area contributed by atoms with E-state index in [1.807, 2.05) is 0 Å². The summed E-state index contributed by atoms with van der Waals surface area (Å²) in [6.07, 6.45) is 8.97. The van der Waals surface area contributed by atoms with Crippen LogP contribution in [0.15, 0.2) is 16.7 Å². The minimum Gasteiger partial charge on any atom is -0.492 e. The van der Waals surface area contributed by atoms with Crippen molar-refractivity contribution in [3.05, 3.63) is 21.9 Å². The molecule has 1 heterocycles. The second kappa shape index (κ2) is 5.17. The molecule has 4 rings (SSSR count). The molecule has 2 nitrogen and oxygen atoms in total. The number of halogens is 2. The van der Waals surface area contributed by atoms with Crippen molar-refractivity contribution in [3.8, 4) is 5.75 Å². The highest BCUT2D eigenvalue weighted by molar-refractivity contribution is 9.10. The van der Waals surface area contributed by atoms with Gasteiger partial charge in [0.2, 0.25) is 0 Å². The molecule has 0 aliphatic heterocycles. The molecular formula is C16H19BrClNO. The van der Waals surface area contributed by atoms with E-state index in [1.165, 1.54) is 32.1 Å². The van der Waals surface area contributed by atoms with E-state index in [0.717, 1.165) is 46.4 Å². The minimum absolute atomic E-state index is 0.490. The van der Waals surface area contributed by atoms with Gasteiger partial charge in [-0.3, -0.25) is 0 Å². The second-order valence-electron chi connectivity index (χ2n) is 6.75. The van der Waals surface area contributed by atoms with Gasteiger partial charge in [-0.05, 0) is 77.6 Å². The van der Waals surface area contributed by atoms with Crippen LogP contribution in [-0.2, 0) is 0 Å². The number of aromatic nitrogens is 1. The van der Waals surface area contributed by atoms with Crippen molar-refractivity contribution in [1.82, 2.24) is 4.98 Å². The fourth-order valence-electron chi connectivity index (χ4n) is 4.98. The maximum atomic E-state index is 5.99. The molecule has 4 heteroatoms. The zero-order chi connectivity index (χ0) is 13.7. The molecule has 3 saturated carbocycles. The van der Waals surface area contributed by atoms with Crippen LogP contribution in [-0.4, -0.2) is 11.6 Å². The van der Waals surface area contributed by atoms with Crippen LogP contribution in [0.5, 0.6) is 5.75 Å². The molecule has 1 aromatic rings. The van der Waals surface area contributed by atoms with Gasteiger partial charge in [0.15, 0.2) is 0 Å². The highest BCUT2D eigenvalue weighted by Crippen LogP contribution is 2.60. The lowest BCUT2D eigenvalue weighted by atomic mass is 9.82. The van der Waals surface area contributed by atoms with Gasteiger partial charge in [-0.15, -0.1) is 0 Å². The Morgan fingerprint density at radius 1 is 1.20 bits per heavy atom. The fraction of sp³-hybridized carbons (Fsp3) is 0.688. The molecule has 108 valence electrons. The van der Waals surface area contributed by atoms with E-state index in [-0.39, 0.29) is 0 Å². The minimum atomic E-state index is 0.490. The van der Waals surface area contributed by atoms with Crippen molar-refractivity contribution in [3.63, 3.8) is 0 Å². The quantitative estimate of drug-likeness (QED) is 0.715. The molecule has 3 fully saturated rings. The molecule has 3 aliphatic rings. The molecule has 20 heavy (non-hydrogen) atoms. The van der Waals surface area contributed by atoms with Crippen molar-refractivity contribution in [2.75, 3.05) is 6.61 Å². The van der Waals surface area contributed by atoms with Gasteiger partial charge in [0.1, 0.15) is 10.9 Å². The van der Waals surface area contributed by atoms with E-state index in [4.69, 9.17) is 16.3 Å². The number of ether oxygens (including phenoxy) is 1. The van der Waals surface area contributed by atoms with Crippen molar-refractivity contribution in [2.45, 2.75) is 32.1 Å². The van der Waals surface area contributed by atoms with Gasteiger partial charge in [0.25, 0.3) is 0 Å². The summed E-state index contributed by atoms with van der Waals surface area (Å²) in [7, 11) is 0. The lowest BCUT2D eigenvalue weighted by molar-refractivity contribution is 0.238. The number of pyridine rings is 1. The van der Waals surface area contributed by atoms with E-state index in [0.29, 0.717) is 5.15 Å². The van der Waals surface area contributed by atoms with E-state index < -0.39 is 0 Å². The van der Waals surface area contributed by atoms with Crippen molar-refractivity contribution in [1.29, 1.82) is 0 Å². The maximum Gasteiger partial charge on any atom is 0.138 e. The average molecular weight is 357 g/mol. The first-order valence-electron chi connectivity index (χ1n) is 7.64. The zero-order valence-electron chi connectivity index (χ0n) is 11.4. The predicted molar refractivity (Wildman–Crippen MR) is 83.0 cm³/mol. The van der Waals surface area contributed by atoms with Crippen LogP contribution in [0.1, 0.15) is 32.1 Å². The Hall–Kier alpha value is -0.280. The number of rotatable bonds is 3. The van der Waals surface area contributed by atoms with Gasteiger partial charge in [-0.25, -0.2) is 4.98 Å². The topological polar surface area (TPSA) is 22.1 Å². The lowest BCUT2D eigenvalue weighted by Crippen LogP contribution is -2.15.